The lowest BCUT2D eigenvalue weighted by Gasteiger charge is -2.21. The summed E-state index contributed by atoms with van der Waals surface area (Å²) in [4.78, 5) is 11.5. The molecule has 1 aliphatic rings. The summed E-state index contributed by atoms with van der Waals surface area (Å²) in [6, 6.07) is 0. The van der Waals surface area contributed by atoms with Gasteiger partial charge in [-0.05, 0) is 38.3 Å². The van der Waals surface area contributed by atoms with Gasteiger partial charge in [-0.15, -0.1) is 0 Å². The molecule has 5 nitrogen and oxygen atoms in total. The molecule has 1 fully saturated rings. The molecule has 0 aromatic heterocycles. The van der Waals surface area contributed by atoms with Gasteiger partial charge in [0, 0.05) is 26.6 Å². The quantitative estimate of drug-likeness (QED) is 0.481. The highest BCUT2D eigenvalue weighted by molar-refractivity contribution is 5.69. The summed E-state index contributed by atoms with van der Waals surface area (Å²) in [6.45, 7) is 4.44. The highest BCUT2D eigenvalue weighted by Gasteiger charge is 2.14. The van der Waals surface area contributed by atoms with Gasteiger partial charge < -0.3 is 19.5 Å². The average Bonchev–Trinajstić information content (AvgIpc) is 2.45. The normalized spacial score (nSPS) is 16.5. The van der Waals surface area contributed by atoms with Gasteiger partial charge in [0.1, 0.15) is 0 Å². The molecule has 0 aliphatic carbocycles. The van der Waals surface area contributed by atoms with Crippen molar-refractivity contribution in [2.75, 3.05) is 46.6 Å². The Morgan fingerprint density at radius 2 is 1.95 bits per heavy atom. The van der Waals surface area contributed by atoms with E-state index < -0.39 is 0 Å². The Bertz CT molecular complexity index is 229. The minimum absolute atomic E-state index is 0.0737. The van der Waals surface area contributed by atoms with Crippen LogP contribution in [0.1, 0.15) is 32.1 Å². The second-order valence-corrected chi connectivity index (χ2v) is 4.91. The van der Waals surface area contributed by atoms with Gasteiger partial charge in [0.2, 0.25) is 0 Å². The van der Waals surface area contributed by atoms with E-state index in [9.17, 15) is 4.79 Å². The first-order chi connectivity index (χ1) is 9.33. The third-order valence-electron chi connectivity index (χ3n) is 3.34. The van der Waals surface area contributed by atoms with Crippen molar-refractivity contribution in [2.45, 2.75) is 32.1 Å². The fourth-order valence-corrected chi connectivity index (χ4v) is 2.16. The third-order valence-corrected chi connectivity index (χ3v) is 3.34. The predicted molar refractivity (Wildman–Crippen MR) is 73.1 cm³/mol. The van der Waals surface area contributed by atoms with Crippen LogP contribution in [-0.2, 0) is 19.0 Å². The maximum atomic E-state index is 11.5. The third kappa shape index (κ3) is 8.97. The fourth-order valence-electron chi connectivity index (χ4n) is 2.16. The zero-order valence-corrected chi connectivity index (χ0v) is 12.0. The SMILES string of the molecule is COCCOCCCOC(=O)CCC1CCNCC1. The number of piperidine rings is 1. The summed E-state index contributed by atoms with van der Waals surface area (Å²) in [5, 5.41) is 3.33. The predicted octanol–water partition coefficient (Wildman–Crippen LogP) is 1.36. The number of methoxy groups -OCH3 is 1. The van der Waals surface area contributed by atoms with E-state index in [4.69, 9.17) is 14.2 Å². The topological polar surface area (TPSA) is 56.8 Å². The highest BCUT2D eigenvalue weighted by atomic mass is 16.5. The molecule has 0 atom stereocenters. The van der Waals surface area contributed by atoms with Gasteiger partial charge in [-0.3, -0.25) is 4.79 Å². The van der Waals surface area contributed by atoms with Crippen LogP contribution in [0.15, 0.2) is 0 Å². The minimum Gasteiger partial charge on any atom is -0.466 e. The molecule has 1 heterocycles. The fraction of sp³-hybridized carbons (Fsp3) is 0.929. The highest BCUT2D eigenvalue weighted by Crippen LogP contribution is 2.17. The van der Waals surface area contributed by atoms with E-state index in [0.29, 0.717) is 38.8 Å². The van der Waals surface area contributed by atoms with Gasteiger partial charge in [0.15, 0.2) is 0 Å². The lowest BCUT2D eigenvalue weighted by molar-refractivity contribution is -0.144. The number of ether oxygens (including phenoxy) is 3. The van der Waals surface area contributed by atoms with Crippen LogP contribution in [0.4, 0.5) is 0 Å². The molecule has 0 saturated carbocycles. The second-order valence-electron chi connectivity index (χ2n) is 4.91. The molecule has 0 bridgehead atoms. The number of hydrogen-bond donors (Lipinski definition) is 1. The summed E-state index contributed by atoms with van der Waals surface area (Å²) >= 11 is 0. The summed E-state index contributed by atoms with van der Waals surface area (Å²) in [7, 11) is 1.65. The molecule has 0 spiro atoms. The van der Waals surface area contributed by atoms with E-state index in [2.05, 4.69) is 5.32 Å². The van der Waals surface area contributed by atoms with Crippen molar-refractivity contribution in [1.29, 1.82) is 0 Å². The number of esters is 1. The Balaban J connectivity index is 1.87. The van der Waals surface area contributed by atoms with E-state index in [0.717, 1.165) is 25.9 Å². The molecule has 0 unspecified atom stereocenters. The number of carbonyl (C=O) groups is 1. The van der Waals surface area contributed by atoms with Crippen LogP contribution < -0.4 is 5.32 Å². The Hall–Kier alpha value is -0.650. The molecule has 1 aliphatic heterocycles. The molecule has 1 N–H and O–H groups in total. The Labute approximate surface area is 116 Å². The summed E-state index contributed by atoms with van der Waals surface area (Å²) in [5.41, 5.74) is 0. The van der Waals surface area contributed by atoms with E-state index in [1.807, 2.05) is 0 Å². The smallest absolute Gasteiger partial charge is 0.305 e. The number of hydrogen-bond acceptors (Lipinski definition) is 5. The van der Waals surface area contributed by atoms with Crippen LogP contribution in [0.3, 0.4) is 0 Å². The first-order valence-corrected chi connectivity index (χ1v) is 7.26. The molecule has 0 amide bonds. The molecule has 0 aromatic carbocycles. The van der Waals surface area contributed by atoms with Gasteiger partial charge >= 0.3 is 5.97 Å². The Morgan fingerprint density at radius 1 is 1.16 bits per heavy atom. The molecular weight excluding hydrogens is 246 g/mol. The lowest BCUT2D eigenvalue weighted by Crippen LogP contribution is -2.28. The maximum absolute atomic E-state index is 11.5. The first-order valence-electron chi connectivity index (χ1n) is 7.26. The largest absolute Gasteiger partial charge is 0.466 e. The van der Waals surface area contributed by atoms with Crippen LogP contribution in [0.2, 0.25) is 0 Å². The van der Waals surface area contributed by atoms with Crippen molar-refractivity contribution in [3.05, 3.63) is 0 Å². The minimum atomic E-state index is -0.0737. The van der Waals surface area contributed by atoms with Crippen LogP contribution in [0.25, 0.3) is 0 Å². The number of nitrogens with one attached hydrogen (secondary N) is 1. The molecule has 5 heteroatoms. The standard InChI is InChI=1S/C14H27NO4/c1-17-11-12-18-9-2-10-19-14(16)4-3-13-5-7-15-8-6-13/h13,15H,2-12H2,1H3. The van der Waals surface area contributed by atoms with Gasteiger partial charge in [0.05, 0.1) is 19.8 Å². The second kappa shape index (κ2) is 11.2. The van der Waals surface area contributed by atoms with Crippen molar-refractivity contribution in [2.24, 2.45) is 5.92 Å². The van der Waals surface area contributed by atoms with E-state index in [1.165, 1.54) is 12.8 Å². The molecule has 0 aromatic rings. The number of carbonyl (C=O) groups excluding carboxylic acids is 1. The van der Waals surface area contributed by atoms with Crippen LogP contribution in [0.5, 0.6) is 0 Å². The Kier molecular flexibility index (Phi) is 9.67. The van der Waals surface area contributed by atoms with E-state index in [1.54, 1.807) is 7.11 Å². The van der Waals surface area contributed by atoms with Gasteiger partial charge in [0.25, 0.3) is 0 Å². The molecule has 112 valence electrons. The molecule has 1 saturated heterocycles. The molecule has 0 radical (unpaired) electrons. The maximum Gasteiger partial charge on any atom is 0.305 e. The van der Waals surface area contributed by atoms with Crippen molar-refractivity contribution >= 4 is 5.97 Å². The van der Waals surface area contributed by atoms with Gasteiger partial charge in [-0.25, -0.2) is 0 Å². The number of rotatable bonds is 10. The van der Waals surface area contributed by atoms with Crippen molar-refractivity contribution in [3.8, 4) is 0 Å². The van der Waals surface area contributed by atoms with Gasteiger partial charge in [-0.2, -0.15) is 0 Å². The Morgan fingerprint density at radius 3 is 2.68 bits per heavy atom. The monoisotopic (exact) mass is 273 g/mol. The van der Waals surface area contributed by atoms with E-state index >= 15 is 0 Å². The zero-order valence-electron chi connectivity index (χ0n) is 12.0. The van der Waals surface area contributed by atoms with Crippen molar-refractivity contribution in [3.63, 3.8) is 0 Å². The molecule has 1 rings (SSSR count). The van der Waals surface area contributed by atoms with Crippen LogP contribution in [0, 0.1) is 5.92 Å². The lowest BCUT2D eigenvalue weighted by atomic mass is 9.93. The first kappa shape index (κ1) is 16.4. The van der Waals surface area contributed by atoms with Crippen LogP contribution in [-0.4, -0.2) is 52.6 Å². The zero-order chi connectivity index (χ0) is 13.8. The summed E-state index contributed by atoms with van der Waals surface area (Å²) in [5.74, 6) is 0.613. The van der Waals surface area contributed by atoms with Crippen LogP contribution >= 0.6 is 0 Å². The molecule has 19 heavy (non-hydrogen) atoms. The van der Waals surface area contributed by atoms with E-state index in [-0.39, 0.29) is 5.97 Å². The average molecular weight is 273 g/mol. The molecular formula is C14H27NO4. The van der Waals surface area contributed by atoms with Gasteiger partial charge in [-0.1, -0.05) is 0 Å². The summed E-state index contributed by atoms with van der Waals surface area (Å²) < 4.78 is 15.3. The summed E-state index contributed by atoms with van der Waals surface area (Å²) in [6.07, 6.45) is 4.63. The van der Waals surface area contributed by atoms with Crippen molar-refractivity contribution in [1.82, 2.24) is 5.32 Å². The van der Waals surface area contributed by atoms with Crippen molar-refractivity contribution < 1.29 is 19.0 Å².